The van der Waals surface area contributed by atoms with Gasteiger partial charge in [0.1, 0.15) is 5.82 Å². The molecule has 3 heterocycles. The van der Waals surface area contributed by atoms with Crippen molar-refractivity contribution in [2.24, 2.45) is 0 Å². The molecule has 1 fully saturated rings. The zero-order valence-corrected chi connectivity index (χ0v) is 14.5. The zero-order valence-electron chi connectivity index (χ0n) is 14.5. The van der Waals surface area contributed by atoms with Crippen LogP contribution in [0.2, 0.25) is 0 Å². The Labute approximate surface area is 151 Å². The lowest BCUT2D eigenvalue weighted by Gasteiger charge is -2.30. The second-order valence-corrected chi connectivity index (χ2v) is 6.88. The van der Waals surface area contributed by atoms with Gasteiger partial charge in [-0.15, -0.1) is 0 Å². The molecule has 2 aliphatic rings. The standard InChI is InChI=1S/C20H20FN3O2/c1-23-12-14(9-18(23)26)19-16-3-2-8-24(20(16)17(25)10-22-19)11-13-4-6-15(21)7-5-13/h2-7,10,14,25H,8-9,11-12H2,1H3. The van der Waals surface area contributed by atoms with Crippen LogP contribution < -0.4 is 4.90 Å². The van der Waals surface area contributed by atoms with E-state index < -0.39 is 0 Å². The van der Waals surface area contributed by atoms with Gasteiger partial charge in [-0.1, -0.05) is 24.3 Å². The Morgan fingerprint density at radius 3 is 2.77 bits per heavy atom. The van der Waals surface area contributed by atoms with Gasteiger partial charge < -0.3 is 14.9 Å². The van der Waals surface area contributed by atoms with E-state index in [2.05, 4.69) is 4.98 Å². The van der Waals surface area contributed by atoms with Crippen LogP contribution in [0, 0.1) is 5.82 Å². The normalized spacial score (nSPS) is 19.2. The van der Waals surface area contributed by atoms with Crippen LogP contribution >= 0.6 is 0 Å². The first-order chi connectivity index (χ1) is 12.5. The van der Waals surface area contributed by atoms with Gasteiger partial charge in [-0.05, 0) is 17.7 Å². The van der Waals surface area contributed by atoms with Crippen molar-refractivity contribution in [3.63, 3.8) is 0 Å². The fourth-order valence-corrected chi connectivity index (χ4v) is 3.73. The molecule has 4 rings (SSSR count). The summed E-state index contributed by atoms with van der Waals surface area (Å²) >= 11 is 0. The third-order valence-corrected chi connectivity index (χ3v) is 5.04. The Morgan fingerprint density at radius 2 is 2.08 bits per heavy atom. The number of carbonyl (C=O) groups excluding carboxylic acids is 1. The molecule has 134 valence electrons. The molecule has 6 heteroatoms. The van der Waals surface area contributed by atoms with Crippen LogP contribution in [-0.4, -0.2) is 41.0 Å². The number of pyridine rings is 1. The van der Waals surface area contributed by atoms with Gasteiger partial charge in [0.05, 0.1) is 17.6 Å². The highest BCUT2D eigenvalue weighted by Gasteiger charge is 2.32. The molecule has 0 bridgehead atoms. The van der Waals surface area contributed by atoms with Crippen molar-refractivity contribution < 1.29 is 14.3 Å². The number of aromatic nitrogens is 1. The summed E-state index contributed by atoms with van der Waals surface area (Å²) in [6.45, 7) is 1.83. The number of benzene rings is 1. The van der Waals surface area contributed by atoms with E-state index in [0.29, 0.717) is 26.1 Å². The molecule has 1 N–H and O–H groups in total. The fraction of sp³-hybridized carbons (Fsp3) is 0.300. The van der Waals surface area contributed by atoms with Crippen LogP contribution in [0.15, 0.2) is 36.5 Å². The Balaban J connectivity index is 1.69. The van der Waals surface area contributed by atoms with E-state index in [9.17, 15) is 14.3 Å². The highest BCUT2D eigenvalue weighted by atomic mass is 19.1. The lowest BCUT2D eigenvalue weighted by molar-refractivity contribution is -0.126. The number of halogens is 1. The second kappa shape index (κ2) is 6.44. The molecule has 2 aromatic rings. The van der Waals surface area contributed by atoms with Gasteiger partial charge >= 0.3 is 0 Å². The van der Waals surface area contributed by atoms with Crippen LogP contribution in [0.5, 0.6) is 5.75 Å². The minimum atomic E-state index is -0.267. The molecule has 1 unspecified atom stereocenters. The van der Waals surface area contributed by atoms with E-state index in [1.54, 1.807) is 24.1 Å². The summed E-state index contributed by atoms with van der Waals surface area (Å²) in [6, 6.07) is 6.37. The third kappa shape index (κ3) is 2.92. The molecule has 1 amide bonds. The van der Waals surface area contributed by atoms with Crippen LogP contribution in [-0.2, 0) is 11.3 Å². The predicted molar refractivity (Wildman–Crippen MR) is 97.4 cm³/mol. The number of hydrogen-bond acceptors (Lipinski definition) is 4. The van der Waals surface area contributed by atoms with Gasteiger partial charge in [0.15, 0.2) is 5.75 Å². The van der Waals surface area contributed by atoms with Crippen molar-refractivity contribution in [2.75, 3.05) is 25.0 Å². The first-order valence-electron chi connectivity index (χ1n) is 8.64. The van der Waals surface area contributed by atoms with Gasteiger partial charge in [0.2, 0.25) is 5.91 Å². The van der Waals surface area contributed by atoms with Crippen LogP contribution in [0.3, 0.4) is 0 Å². The Morgan fingerprint density at radius 1 is 1.31 bits per heavy atom. The third-order valence-electron chi connectivity index (χ3n) is 5.04. The highest BCUT2D eigenvalue weighted by Crippen LogP contribution is 2.40. The number of aromatic hydroxyl groups is 1. The van der Waals surface area contributed by atoms with Crippen LogP contribution in [0.25, 0.3) is 6.08 Å². The molecule has 2 aliphatic heterocycles. The molecule has 26 heavy (non-hydrogen) atoms. The Bertz CT molecular complexity index is 879. The van der Waals surface area contributed by atoms with Crippen molar-refractivity contribution in [3.8, 4) is 5.75 Å². The molecular formula is C20H20FN3O2. The SMILES string of the molecule is CN1CC(c2ncc(O)c3c2C=CCN3Cc2ccc(F)cc2)CC1=O. The van der Waals surface area contributed by atoms with E-state index in [1.165, 1.54) is 18.3 Å². The average molecular weight is 353 g/mol. The summed E-state index contributed by atoms with van der Waals surface area (Å²) in [5, 5.41) is 10.4. The molecule has 0 saturated carbocycles. The second-order valence-electron chi connectivity index (χ2n) is 6.88. The van der Waals surface area contributed by atoms with Crippen molar-refractivity contribution in [2.45, 2.75) is 18.9 Å². The topological polar surface area (TPSA) is 56.7 Å². The number of nitrogens with zero attached hydrogens (tertiary/aromatic N) is 3. The lowest BCUT2D eigenvalue weighted by atomic mass is 9.95. The molecule has 1 aromatic carbocycles. The molecule has 0 aliphatic carbocycles. The summed E-state index contributed by atoms with van der Waals surface area (Å²) in [5.74, 6) is -0.0104. The smallest absolute Gasteiger partial charge is 0.223 e. The van der Waals surface area contributed by atoms with E-state index in [1.807, 2.05) is 17.1 Å². The average Bonchev–Trinajstić information content (AvgIpc) is 2.96. The minimum absolute atomic E-state index is 0.0253. The van der Waals surface area contributed by atoms with Crippen molar-refractivity contribution in [3.05, 3.63) is 59.2 Å². The zero-order chi connectivity index (χ0) is 18.3. The Hall–Kier alpha value is -2.89. The number of fused-ring (bicyclic) bond motifs is 1. The molecule has 5 nitrogen and oxygen atoms in total. The minimum Gasteiger partial charge on any atom is -0.504 e. The predicted octanol–water partition coefficient (Wildman–Crippen LogP) is 2.91. The molecule has 1 saturated heterocycles. The first-order valence-corrected chi connectivity index (χ1v) is 8.64. The van der Waals surface area contributed by atoms with Gasteiger partial charge in [-0.25, -0.2) is 4.39 Å². The molecule has 1 aromatic heterocycles. The van der Waals surface area contributed by atoms with E-state index >= 15 is 0 Å². The quantitative estimate of drug-likeness (QED) is 0.922. The first kappa shape index (κ1) is 16.6. The van der Waals surface area contributed by atoms with Crippen LogP contribution in [0.1, 0.15) is 29.2 Å². The summed E-state index contributed by atoms with van der Waals surface area (Å²) in [4.78, 5) is 20.1. The molecule has 1 atom stereocenters. The number of hydrogen-bond donors (Lipinski definition) is 1. The van der Waals surface area contributed by atoms with Crippen molar-refractivity contribution in [1.29, 1.82) is 0 Å². The maximum Gasteiger partial charge on any atom is 0.223 e. The molecule has 0 radical (unpaired) electrons. The van der Waals surface area contributed by atoms with Gasteiger partial charge in [-0.3, -0.25) is 9.78 Å². The van der Waals surface area contributed by atoms with E-state index in [4.69, 9.17) is 0 Å². The summed E-state index contributed by atoms with van der Waals surface area (Å²) in [6.07, 6.45) is 5.90. The monoisotopic (exact) mass is 353 g/mol. The fourth-order valence-electron chi connectivity index (χ4n) is 3.73. The lowest BCUT2D eigenvalue weighted by Crippen LogP contribution is -2.27. The van der Waals surface area contributed by atoms with Gasteiger partial charge in [0, 0.05) is 44.6 Å². The van der Waals surface area contributed by atoms with Gasteiger partial charge in [-0.2, -0.15) is 0 Å². The number of amides is 1. The van der Waals surface area contributed by atoms with Gasteiger partial charge in [0.25, 0.3) is 0 Å². The maximum absolute atomic E-state index is 13.2. The summed E-state index contributed by atoms with van der Waals surface area (Å²) in [5.41, 5.74) is 3.40. The van der Waals surface area contributed by atoms with Crippen molar-refractivity contribution in [1.82, 2.24) is 9.88 Å². The molecule has 0 spiro atoms. The molecular weight excluding hydrogens is 333 g/mol. The number of carbonyl (C=O) groups is 1. The number of likely N-dealkylation sites (N-methyl/N-ethyl adjacent to an activating group) is 1. The number of anilines is 1. The summed E-state index contributed by atoms with van der Waals surface area (Å²) < 4.78 is 13.2. The summed E-state index contributed by atoms with van der Waals surface area (Å²) in [7, 11) is 1.80. The number of rotatable bonds is 3. The number of likely N-dealkylation sites (tertiary alicyclic amines) is 1. The van der Waals surface area contributed by atoms with E-state index in [-0.39, 0.29) is 23.4 Å². The van der Waals surface area contributed by atoms with Crippen LogP contribution in [0.4, 0.5) is 10.1 Å². The highest BCUT2D eigenvalue weighted by molar-refractivity contribution is 5.82. The maximum atomic E-state index is 13.2. The van der Waals surface area contributed by atoms with E-state index in [0.717, 1.165) is 22.5 Å². The van der Waals surface area contributed by atoms with Crippen molar-refractivity contribution >= 4 is 17.7 Å². The largest absolute Gasteiger partial charge is 0.504 e. The Kier molecular flexibility index (Phi) is 4.11.